The number of phenolic OH excluding ortho intramolecular Hbond substituents is 1. The van der Waals surface area contributed by atoms with Crippen LogP contribution in [0.4, 0.5) is 5.69 Å². The second kappa shape index (κ2) is 5.83. The van der Waals surface area contributed by atoms with Gasteiger partial charge in [-0.1, -0.05) is 43.3 Å². The van der Waals surface area contributed by atoms with Crippen molar-refractivity contribution in [3.8, 4) is 5.75 Å². The molecule has 0 amide bonds. The average Bonchev–Trinajstić information content (AvgIpc) is 2.53. The Balaban J connectivity index is 1.90. The molecule has 3 aromatic rings. The van der Waals surface area contributed by atoms with Crippen LogP contribution >= 0.6 is 0 Å². The fourth-order valence-corrected chi connectivity index (χ4v) is 2.53. The van der Waals surface area contributed by atoms with Gasteiger partial charge in [0.1, 0.15) is 5.75 Å². The number of fused-ring (bicyclic) bond motifs is 1. The Morgan fingerprint density at radius 2 is 1.86 bits per heavy atom. The fourth-order valence-electron chi connectivity index (χ4n) is 2.53. The Kier molecular flexibility index (Phi) is 3.73. The van der Waals surface area contributed by atoms with Crippen LogP contribution in [0, 0.1) is 0 Å². The van der Waals surface area contributed by atoms with E-state index in [-0.39, 0.29) is 6.04 Å². The molecule has 1 aromatic heterocycles. The minimum atomic E-state index is 0.0640. The summed E-state index contributed by atoms with van der Waals surface area (Å²) in [4.78, 5) is 4.46. The number of nitrogens with one attached hydrogen (secondary N) is 1. The van der Waals surface area contributed by atoms with Gasteiger partial charge in [0.15, 0.2) is 0 Å². The molecular weight excluding hydrogens is 260 g/mol. The molecule has 0 saturated heterocycles. The predicted molar refractivity (Wildman–Crippen MR) is 86.5 cm³/mol. The van der Waals surface area contributed by atoms with Crippen molar-refractivity contribution in [2.75, 3.05) is 5.32 Å². The first-order valence-corrected chi connectivity index (χ1v) is 7.17. The number of aromatic nitrogens is 1. The highest BCUT2D eigenvalue weighted by Gasteiger charge is 2.13. The third-order valence-corrected chi connectivity index (χ3v) is 3.65. The summed E-state index contributed by atoms with van der Waals surface area (Å²) in [5.41, 5.74) is 2.86. The third-order valence-electron chi connectivity index (χ3n) is 3.65. The largest absolute Gasteiger partial charge is 0.508 e. The quantitative estimate of drug-likeness (QED) is 0.738. The lowest BCUT2D eigenvalue weighted by Crippen LogP contribution is -2.10. The number of para-hydroxylation sites is 2. The highest BCUT2D eigenvalue weighted by Crippen LogP contribution is 2.29. The Bertz CT molecular complexity index is 755. The van der Waals surface area contributed by atoms with Gasteiger partial charge in [-0.2, -0.15) is 0 Å². The summed E-state index contributed by atoms with van der Waals surface area (Å²) >= 11 is 0. The summed E-state index contributed by atoms with van der Waals surface area (Å²) in [6.45, 7) is 2.10. The number of benzene rings is 2. The monoisotopic (exact) mass is 278 g/mol. The molecule has 0 saturated carbocycles. The first-order chi connectivity index (χ1) is 10.3. The van der Waals surface area contributed by atoms with Crippen molar-refractivity contribution in [1.82, 2.24) is 4.98 Å². The molecule has 106 valence electrons. The van der Waals surface area contributed by atoms with Crippen LogP contribution in [0.5, 0.6) is 5.75 Å². The van der Waals surface area contributed by atoms with E-state index in [1.54, 1.807) is 6.07 Å². The van der Waals surface area contributed by atoms with E-state index >= 15 is 0 Å². The minimum absolute atomic E-state index is 0.0640. The van der Waals surface area contributed by atoms with Gasteiger partial charge in [-0.25, -0.2) is 0 Å². The second-order valence-corrected chi connectivity index (χ2v) is 5.08. The summed E-state index contributed by atoms with van der Waals surface area (Å²) in [6.07, 6.45) is 2.72. The van der Waals surface area contributed by atoms with Gasteiger partial charge in [0.05, 0.1) is 23.4 Å². The van der Waals surface area contributed by atoms with Crippen LogP contribution in [0.3, 0.4) is 0 Å². The zero-order chi connectivity index (χ0) is 14.7. The Labute approximate surface area is 124 Å². The van der Waals surface area contributed by atoms with E-state index in [0.29, 0.717) is 5.75 Å². The molecule has 3 nitrogen and oxygen atoms in total. The lowest BCUT2D eigenvalue weighted by molar-refractivity contribution is 0.463. The van der Waals surface area contributed by atoms with Crippen molar-refractivity contribution in [3.05, 3.63) is 66.4 Å². The van der Waals surface area contributed by atoms with Gasteiger partial charge in [0.2, 0.25) is 0 Å². The van der Waals surface area contributed by atoms with Crippen molar-refractivity contribution in [3.63, 3.8) is 0 Å². The zero-order valence-corrected chi connectivity index (χ0v) is 12.0. The van der Waals surface area contributed by atoms with Crippen LogP contribution in [-0.4, -0.2) is 10.1 Å². The van der Waals surface area contributed by atoms with Gasteiger partial charge in [-0.3, -0.25) is 4.98 Å². The van der Waals surface area contributed by atoms with Crippen molar-refractivity contribution in [2.45, 2.75) is 19.4 Å². The van der Waals surface area contributed by atoms with Crippen LogP contribution in [0.1, 0.15) is 24.9 Å². The maximum Gasteiger partial charge on any atom is 0.120 e. The summed E-state index contributed by atoms with van der Waals surface area (Å²) < 4.78 is 0. The maximum atomic E-state index is 10.0. The summed E-state index contributed by atoms with van der Waals surface area (Å²) in [5.74, 6) is 0.325. The van der Waals surface area contributed by atoms with Gasteiger partial charge in [-0.05, 0) is 24.6 Å². The van der Waals surface area contributed by atoms with Crippen LogP contribution < -0.4 is 5.32 Å². The van der Waals surface area contributed by atoms with Gasteiger partial charge in [0, 0.05) is 10.9 Å². The number of hydrogen-bond acceptors (Lipinski definition) is 3. The lowest BCUT2D eigenvalue weighted by Gasteiger charge is -2.19. The smallest absolute Gasteiger partial charge is 0.120 e. The molecule has 0 fully saturated rings. The zero-order valence-electron chi connectivity index (χ0n) is 12.0. The third kappa shape index (κ3) is 2.82. The summed E-state index contributed by atoms with van der Waals surface area (Å²) in [7, 11) is 0. The number of rotatable bonds is 4. The second-order valence-electron chi connectivity index (χ2n) is 5.08. The lowest BCUT2D eigenvalue weighted by atomic mass is 10.0. The highest BCUT2D eigenvalue weighted by atomic mass is 16.3. The van der Waals surface area contributed by atoms with Gasteiger partial charge >= 0.3 is 0 Å². The summed E-state index contributed by atoms with van der Waals surface area (Å²) in [6, 6.07) is 17.6. The molecule has 2 N–H and O–H groups in total. The first kappa shape index (κ1) is 13.4. The molecule has 1 unspecified atom stereocenters. The Hall–Kier alpha value is -2.55. The van der Waals surface area contributed by atoms with Crippen LogP contribution in [0.25, 0.3) is 10.9 Å². The van der Waals surface area contributed by atoms with Gasteiger partial charge in [-0.15, -0.1) is 0 Å². The minimum Gasteiger partial charge on any atom is -0.508 e. The van der Waals surface area contributed by atoms with E-state index in [0.717, 1.165) is 28.6 Å². The van der Waals surface area contributed by atoms with Crippen molar-refractivity contribution in [2.24, 2.45) is 0 Å². The molecule has 0 aliphatic carbocycles. The van der Waals surface area contributed by atoms with Crippen molar-refractivity contribution < 1.29 is 5.11 Å². The molecule has 1 atom stereocenters. The van der Waals surface area contributed by atoms with E-state index in [2.05, 4.69) is 29.4 Å². The van der Waals surface area contributed by atoms with Crippen LogP contribution in [-0.2, 0) is 0 Å². The van der Waals surface area contributed by atoms with Crippen LogP contribution in [0.2, 0.25) is 0 Å². The molecule has 0 aliphatic rings. The normalized spacial score (nSPS) is 12.2. The van der Waals surface area contributed by atoms with Crippen molar-refractivity contribution in [1.29, 1.82) is 0 Å². The topological polar surface area (TPSA) is 45.2 Å². The molecule has 0 bridgehead atoms. The molecule has 0 radical (unpaired) electrons. The van der Waals surface area contributed by atoms with E-state index in [1.165, 1.54) is 0 Å². The molecule has 0 spiro atoms. The number of nitrogens with zero attached hydrogens (tertiary/aromatic N) is 1. The number of anilines is 1. The molecular formula is C18H18N2O. The maximum absolute atomic E-state index is 10.0. The standard InChI is InChI=1S/C18H18N2O/c1-2-16(15-8-4-6-10-18(15)21)20-14-11-13-7-3-5-9-17(13)19-12-14/h3-12,16,20-21H,2H2,1H3. The number of phenols is 1. The van der Waals surface area contributed by atoms with E-state index < -0.39 is 0 Å². The van der Waals surface area contributed by atoms with E-state index in [9.17, 15) is 5.11 Å². The number of pyridine rings is 1. The van der Waals surface area contributed by atoms with E-state index in [4.69, 9.17) is 0 Å². The van der Waals surface area contributed by atoms with E-state index in [1.807, 2.05) is 42.6 Å². The first-order valence-electron chi connectivity index (χ1n) is 7.17. The number of hydrogen-bond donors (Lipinski definition) is 2. The molecule has 0 aliphatic heterocycles. The average molecular weight is 278 g/mol. The van der Waals surface area contributed by atoms with Crippen LogP contribution in [0.15, 0.2) is 60.8 Å². The van der Waals surface area contributed by atoms with Crippen molar-refractivity contribution >= 4 is 16.6 Å². The molecule has 21 heavy (non-hydrogen) atoms. The fraction of sp³-hybridized carbons (Fsp3) is 0.167. The molecule has 1 heterocycles. The molecule has 3 heteroatoms. The number of aromatic hydroxyl groups is 1. The summed E-state index contributed by atoms with van der Waals surface area (Å²) in [5, 5.41) is 14.6. The predicted octanol–water partition coefficient (Wildman–Crippen LogP) is 4.50. The highest BCUT2D eigenvalue weighted by molar-refractivity contribution is 5.81. The Morgan fingerprint density at radius 1 is 1.10 bits per heavy atom. The molecule has 3 rings (SSSR count). The Morgan fingerprint density at radius 3 is 2.67 bits per heavy atom. The SMILES string of the molecule is CCC(Nc1cnc2ccccc2c1)c1ccccc1O. The van der Waals surface area contributed by atoms with Gasteiger partial charge < -0.3 is 10.4 Å². The molecule has 2 aromatic carbocycles. The van der Waals surface area contributed by atoms with Gasteiger partial charge in [0.25, 0.3) is 0 Å².